The van der Waals surface area contributed by atoms with Gasteiger partial charge in [0.05, 0.1) is 30.7 Å². The summed E-state index contributed by atoms with van der Waals surface area (Å²) in [6, 6.07) is 7.69. The first-order chi connectivity index (χ1) is 12.6. The topological polar surface area (TPSA) is 69.6 Å². The van der Waals surface area contributed by atoms with E-state index in [0.717, 1.165) is 41.9 Å². The van der Waals surface area contributed by atoms with Crippen LogP contribution >= 0.6 is 0 Å². The van der Waals surface area contributed by atoms with Gasteiger partial charge in [-0.1, -0.05) is 24.3 Å². The van der Waals surface area contributed by atoms with Gasteiger partial charge in [0.2, 0.25) is 5.91 Å². The summed E-state index contributed by atoms with van der Waals surface area (Å²) < 4.78 is 0. The van der Waals surface area contributed by atoms with Gasteiger partial charge in [-0.2, -0.15) is 0 Å². The van der Waals surface area contributed by atoms with Crippen LogP contribution < -0.4 is 0 Å². The van der Waals surface area contributed by atoms with Crippen LogP contribution in [0.3, 0.4) is 0 Å². The molecule has 6 heteroatoms. The highest BCUT2D eigenvalue weighted by atomic mass is 16.3. The number of benzene rings is 1. The van der Waals surface area contributed by atoms with Gasteiger partial charge in [0, 0.05) is 30.8 Å². The molecule has 26 heavy (non-hydrogen) atoms. The van der Waals surface area contributed by atoms with E-state index in [2.05, 4.69) is 4.98 Å². The van der Waals surface area contributed by atoms with Crippen molar-refractivity contribution in [3.8, 4) is 11.3 Å². The Morgan fingerprint density at radius 3 is 2.73 bits per heavy atom. The van der Waals surface area contributed by atoms with Crippen molar-refractivity contribution in [3.63, 3.8) is 0 Å². The molecule has 0 bridgehead atoms. The van der Waals surface area contributed by atoms with E-state index in [-0.39, 0.29) is 18.4 Å². The lowest BCUT2D eigenvalue weighted by atomic mass is 9.94. The van der Waals surface area contributed by atoms with Crippen LogP contribution in [0.1, 0.15) is 30.0 Å². The zero-order valence-corrected chi connectivity index (χ0v) is 15.4. The summed E-state index contributed by atoms with van der Waals surface area (Å²) in [5.74, 6) is 0.391. The number of aliphatic hydroxyl groups excluding tert-OH is 1. The van der Waals surface area contributed by atoms with E-state index in [0.29, 0.717) is 13.1 Å². The molecule has 0 aliphatic carbocycles. The van der Waals surface area contributed by atoms with Gasteiger partial charge in [-0.3, -0.25) is 9.78 Å². The zero-order chi connectivity index (χ0) is 18.5. The van der Waals surface area contributed by atoms with Crippen LogP contribution in [-0.4, -0.2) is 64.5 Å². The average molecular weight is 354 g/mol. The quantitative estimate of drug-likeness (QED) is 0.888. The number of piperidine rings is 1. The highest BCUT2D eigenvalue weighted by molar-refractivity contribution is 5.78. The van der Waals surface area contributed by atoms with Crippen molar-refractivity contribution in [1.82, 2.24) is 19.8 Å². The normalized spacial score (nSPS) is 17.5. The first-order valence-electron chi connectivity index (χ1n) is 9.01. The molecule has 0 radical (unpaired) electrons. The lowest BCUT2D eigenvalue weighted by Crippen LogP contribution is -2.43. The highest BCUT2D eigenvalue weighted by Crippen LogP contribution is 2.27. The summed E-state index contributed by atoms with van der Waals surface area (Å²) in [5.41, 5.74) is 3.62. The summed E-state index contributed by atoms with van der Waals surface area (Å²) in [6.45, 7) is 1.99. The lowest BCUT2D eigenvalue weighted by Gasteiger charge is -2.33. The monoisotopic (exact) mass is 354 g/mol. The molecule has 1 saturated heterocycles. The molecule has 2 aromatic rings. The Balaban J connectivity index is 1.75. The van der Waals surface area contributed by atoms with Gasteiger partial charge in [0.15, 0.2) is 0 Å². The third-order valence-corrected chi connectivity index (χ3v) is 4.73. The van der Waals surface area contributed by atoms with Gasteiger partial charge in [-0.15, -0.1) is 0 Å². The van der Waals surface area contributed by atoms with Crippen molar-refractivity contribution < 1.29 is 9.90 Å². The number of hydrogen-bond acceptors (Lipinski definition) is 5. The standard InChI is InChI=1S/C20H26N4O2/c1-23(2)13-20(26)24-9-3-4-17(12-24)19-11-21-10-18(22-19)16-7-5-15(14-25)6-8-16/h5-8,10-11,17,25H,3-4,9,12-14H2,1-2H3. The van der Waals surface area contributed by atoms with Crippen LogP contribution in [0.2, 0.25) is 0 Å². The van der Waals surface area contributed by atoms with Crippen LogP contribution in [0, 0.1) is 0 Å². The van der Waals surface area contributed by atoms with Crippen molar-refractivity contribution in [1.29, 1.82) is 0 Å². The van der Waals surface area contributed by atoms with Crippen LogP contribution in [0.5, 0.6) is 0 Å². The van der Waals surface area contributed by atoms with Gasteiger partial charge >= 0.3 is 0 Å². The van der Waals surface area contributed by atoms with Crippen LogP contribution in [0.4, 0.5) is 0 Å². The summed E-state index contributed by atoms with van der Waals surface area (Å²) in [4.78, 5) is 25.4. The fourth-order valence-corrected chi connectivity index (χ4v) is 3.31. The highest BCUT2D eigenvalue weighted by Gasteiger charge is 2.26. The fourth-order valence-electron chi connectivity index (χ4n) is 3.31. The van der Waals surface area contributed by atoms with E-state index < -0.39 is 0 Å². The second-order valence-electron chi connectivity index (χ2n) is 7.10. The minimum atomic E-state index is 0.0326. The molecular formula is C20H26N4O2. The maximum Gasteiger partial charge on any atom is 0.236 e. The van der Waals surface area contributed by atoms with Crippen LogP contribution in [0.25, 0.3) is 11.3 Å². The molecule has 1 N–H and O–H groups in total. The van der Waals surface area contributed by atoms with Crippen molar-refractivity contribution in [2.24, 2.45) is 0 Å². The van der Waals surface area contributed by atoms with Gasteiger partial charge in [-0.25, -0.2) is 4.98 Å². The zero-order valence-electron chi connectivity index (χ0n) is 15.4. The van der Waals surface area contributed by atoms with E-state index in [1.165, 1.54) is 0 Å². The summed E-state index contributed by atoms with van der Waals surface area (Å²) in [7, 11) is 3.83. The minimum absolute atomic E-state index is 0.0326. The number of hydrogen-bond donors (Lipinski definition) is 1. The maximum atomic E-state index is 12.4. The van der Waals surface area contributed by atoms with Crippen LogP contribution in [-0.2, 0) is 11.4 Å². The minimum Gasteiger partial charge on any atom is -0.392 e. The third-order valence-electron chi connectivity index (χ3n) is 4.73. The SMILES string of the molecule is CN(C)CC(=O)N1CCCC(c2cncc(-c3ccc(CO)cc3)n2)C1. The Morgan fingerprint density at radius 1 is 1.27 bits per heavy atom. The predicted molar refractivity (Wildman–Crippen MR) is 100 cm³/mol. The van der Waals surface area contributed by atoms with Crippen molar-refractivity contribution in [2.75, 3.05) is 33.7 Å². The molecule has 138 valence electrons. The second-order valence-corrected chi connectivity index (χ2v) is 7.10. The number of likely N-dealkylation sites (N-methyl/N-ethyl adjacent to an activating group) is 1. The smallest absolute Gasteiger partial charge is 0.236 e. The van der Waals surface area contributed by atoms with E-state index in [1.807, 2.05) is 54.4 Å². The third kappa shape index (κ3) is 4.45. The molecule has 1 aliphatic heterocycles. The molecule has 1 aromatic carbocycles. The Labute approximate surface area is 154 Å². The summed E-state index contributed by atoms with van der Waals surface area (Å²) in [5, 5.41) is 9.17. The van der Waals surface area contributed by atoms with Crippen molar-refractivity contribution in [2.45, 2.75) is 25.4 Å². The van der Waals surface area contributed by atoms with Gasteiger partial charge in [0.1, 0.15) is 0 Å². The van der Waals surface area contributed by atoms with E-state index in [9.17, 15) is 9.90 Å². The first-order valence-corrected chi connectivity index (χ1v) is 9.01. The largest absolute Gasteiger partial charge is 0.392 e. The van der Waals surface area contributed by atoms with E-state index in [1.54, 1.807) is 6.20 Å². The van der Waals surface area contributed by atoms with Gasteiger partial charge in [0.25, 0.3) is 0 Å². The number of carbonyl (C=O) groups is 1. The maximum absolute atomic E-state index is 12.4. The molecule has 1 amide bonds. The number of nitrogens with zero attached hydrogens (tertiary/aromatic N) is 4. The van der Waals surface area contributed by atoms with Crippen molar-refractivity contribution >= 4 is 5.91 Å². The number of aliphatic hydroxyl groups is 1. The molecule has 6 nitrogen and oxygen atoms in total. The van der Waals surface area contributed by atoms with Gasteiger partial charge < -0.3 is 14.9 Å². The van der Waals surface area contributed by atoms with E-state index >= 15 is 0 Å². The number of aromatic nitrogens is 2. The summed E-state index contributed by atoms with van der Waals surface area (Å²) >= 11 is 0. The Bertz CT molecular complexity index is 746. The number of likely N-dealkylation sites (tertiary alicyclic amines) is 1. The van der Waals surface area contributed by atoms with Crippen LogP contribution in [0.15, 0.2) is 36.7 Å². The predicted octanol–water partition coefficient (Wildman–Crippen LogP) is 1.90. The van der Waals surface area contributed by atoms with E-state index in [4.69, 9.17) is 4.98 Å². The van der Waals surface area contributed by atoms with Gasteiger partial charge in [-0.05, 0) is 32.5 Å². The molecule has 1 aliphatic rings. The lowest BCUT2D eigenvalue weighted by molar-refractivity contribution is -0.133. The number of amides is 1. The Morgan fingerprint density at radius 2 is 2.04 bits per heavy atom. The number of rotatable bonds is 5. The first kappa shape index (κ1) is 18.5. The molecule has 3 rings (SSSR count). The molecule has 0 saturated carbocycles. The average Bonchev–Trinajstić information content (AvgIpc) is 2.68. The molecule has 2 heterocycles. The molecule has 1 fully saturated rings. The molecular weight excluding hydrogens is 328 g/mol. The fraction of sp³-hybridized carbons (Fsp3) is 0.450. The Kier molecular flexibility index (Phi) is 5.96. The second kappa shape index (κ2) is 8.38. The molecule has 1 aromatic heterocycles. The number of carbonyl (C=O) groups excluding carboxylic acids is 1. The molecule has 1 atom stereocenters. The summed E-state index contributed by atoms with van der Waals surface area (Å²) in [6.07, 6.45) is 5.58. The molecule has 0 spiro atoms. The van der Waals surface area contributed by atoms with Crippen molar-refractivity contribution in [3.05, 3.63) is 47.9 Å². The molecule has 1 unspecified atom stereocenters. The Hall–Kier alpha value is -2.31.